The van der Waals surface area contributed by atoms with E-state index >= 15 is 0 Å². The standard InChI is InChI=1S/C13H15NO3S/c1-9-8-18-7-6-14(9)12(15)10-4-2-3-5-11(10)13(16)17/h2-5,9H,6-8H2,1H3,(H,16,17). The Morgan fingerprint density at radius 3 is 2.61 bits per heavy atom. The minimum atomic E-state index is -1.06. The molecule has 5 heteroatoms. The lowest BCUT2D eigenvalue weighted by atomic mass is 10.1. The predicted molar refractivity (Wildman–Crippen MR) is 71.2 cm³/mol. The van der Waals surface area contributed by atoms with Crippen LogP contribution in [-0.4, -0.2) is 46.0 Å². The van der Waals surface area contributed by atoms with Gasteiger partial charge in [-0.15, -0.1) is 0 Å². The van der Waals surface area contributed by atoms with E-state index in [9.17, 15) is 9.59 Å². The summed E-state index contributed by atoms with van der Waals surface area (Å²) >= 11 is 1.82. The minimum absolute atomic E-state index is 0.0768. The summed E-state index contributed by atoms with van der Waals surface area (Å²) in [6.07, 6.45) is 0. The van der Waals surface area contributed by atoms with Crippen molar-refractivity contribution in [3.05, 3.63) is 35.4 Å². The summed E-state index contributed by atoms with van der Waals surface area (Å²) in [7, 11) is 0. The van der Waals surface area contributed by atoms with Crippen LogP contribution >= 0.6 is 11.8 Å². The molecule has 1 aliphatic heterocycles. The van der Waals surface area contributed by atoms with Crippen molar-refractivity contribution in [3.8, 4) is 0 Å². The molecule has 96 valence electrons. The van der Waals surface area contributed by atoms with E-state index in [4.69, 9.17) is 5.11 Å². The number of benzene rings is 1. The number of thioether (sulfide) groups is 1. The van der Waals surface area contributed by atoms with Gasteiger partial charge in [0.25, 0.3) is 5.91 Å². The fraction of sp³-hybridized carbons (Fsp3) is 0.385. The summed E-state index contributed by atoms with van der Waals surface area (Å²) in [5, 5.41) is 9.10. The van der Waals surface area contributed by atoms with Gasteiger partial charge in [0.15, 0.2) is 0 Å². The molecule has 0 aliphatic carbocycles. The highest BCUT2D eigenvalue weighted by Crippen LogP contribution is 2.20. The molecule has 18 heavy (non-hydrogen) atoms. The van der Waals surface area contributed by atoms with Crippen molar-refractivity contribution in [3.63, 3.8) is 0 Å². The zero-order valence-corrected chi connectivity index (χ0v) is 10.9. The quantitative estimate of drug-likeness (QED) is 0.888. The molecular formula is C13H15NO3S. The monoisotopic (exact) mass is 265 g/mol. The molecule has 0 aromatic heterocycles. The Bertz CT molecular complexity index is 475. The van der Waals surface area contributed by atoms with E-state index in [0.29, 0.717) is 6.54 Å². The van der Waals surface area contributed by atoms with Crippen molar-refractivity contribution >= 4 is 23.6 Å². The van der Waals surface area contributed by atoms with Crippen molar-refractivity contribution < 1.29 is 14.7 Å². The van der Waals surface area contributed by atoms with Gasteiger partial charge in [0.2, 0.25) is 0 Å². The zero-order valence-electron chi connectivity index (χ0n) is 10.1. The van der Waals surface area contributed by atoms with Gasteiger partial charge >= 0.3 is 5.97 Å². The number of carboxylic acid groups (broad SMARTS) is 1. The van der Waals surface area contributed by atoms with Gasteiger partial charge < -0.3 is 10.0 Å². The van der Waals surface area contributed by atoms with E-state index < -0.39 is 5.97 Å². The van der Waals surface area contributed by atoms with Crippen LogP contribution in [0.25, 0.3) is 0 Å². The van der Waals surface area contributed by atoms with Gasteiger partial charge in [-0.25, -0.2) is 4.79 Å². The second-order valence-electron chi connectivity index (χ2n) is 4.27. The maximum absolute atomic E-state index is 12.4. The molecule has 1 aliphatic rings. The number of carbonyl (C=O) groups is 2. The topological polar surface area (TPSA) is 57.6 Å². The molecule has 1 aromatic carbocycles. The average Bonchev–Trinajstić information content (AvgIpc) is 2.38. The van der Waals surface area contributed by atoms with Crippen molar-refractivity contribution in [1.29, 1.82) is 0 Å². The van der Waals surface area contributed by atoms with Crippen LogP contribution in [0, 0.1) is 0 Å². The lowest BCUT2D eigenvalue weighted by Crippen LogP contribution is -2.44. The summed E-state index contributed by atoms with van der Waals surface area (Å²) in [5.74, 6) is 0.575. The molecule has 0 bridgehead atoms. The molecule has 1 fully saturated rings. The number of carbonyl (C=O) groups excluding carboxylic acids is 1. The summed E-state index contributed by atoms with van der Waals surface area (Å²) < 4.78 is 0. The van der Waals surface area contributed by atoms with E-state index in [0.717, 1.165) is 11.5 Å². The summed E-state index contributed by atoms with van der Waals surface area (Å²) in [5.41, 5.74) is 0.358. The van der Waals surface area contributed by atoms with Crippen LogP contribution < -0.4 is 0 Å². The number of amides is 1. The first-order valence-electron chi connectivity index (χ1n) is 5.82. The van der Waals surface area contributed by atoms with Gasteiger partial charge in [0.1, 0.15) is 0 Å². The highest BCUT2D eigenvalue weighted by atomic mass is 32.2. The number of hydrogen-bond acceptors (Lipinski definition) is 3. The highest BCUT2D eigenvalue weighted by Gasteiger charge is 2.27. The van der Waals surface area contributed by atoms with Crippen LogP contribution in [0.15, 0.2) is 24.3 Å². The van der Waals surface area contributed by atoms with E-state index in [1.54, 1.807) is 23.1 Å². The molecule has 2 rings (SSSR count). The van der Waals surface area contributed by atoms with Crippen molar-refractivity contribution in [2.24, 2.45) is 0 Å². The van der Waals surface area contributed by atoms with Crippen LogP contribution in [0.4, 0.5) is 0 Å². The first kappa shape index (κ1) is 13.0. The van der Waals surface area contributed by atoms with Crippen molar-refractivity contribution in [1.82, 2.24) is 4.90 Å². The zero-order chi connectivity index (χ0) is 13.1. The van der Waals surface area contributed by atoms with Gasteiger partial charge in [0.05, 0.1) is 11.1 Å². The van der Waals surface area contributed by atoms with Gasteiger partial charge in [-0.2, -0.15) is 11.8 Å². The average molecular weight is 265 g/mol. The summed E-state index contributed by atoms with van der Waals surface area (Å²) in [4.78, 5) is 25.3. The normalized spacial score (nSPS) is 19.6. The third kappa shape index (κ3) is 2.51. The summed E-state index contributed by atoms with van der Waals surface area (Å²) in [6, 6.07) is 6.54. The Kier molecular flexibility index (Phi) is 3.91. The second kappa shape index (κ2) is 5.44. The van der Waals surface area contributed by atoms with Crippen LogP contribution in [-0.2, 0) is 0 Å². The van der Waals surface area contributed by atoms with Crippen LogP contribution in [0.3, 0.4) is 0 Å². The Morgan fingerprint density at radius 2 is 2.00 bits per heavy atom. The third-order valence-electron chi connectivity index (χ3n) is 3.02. The fourth-order valence-electron chi connectivity index (χ4n) is 2.04. The lowest BCUT2D eigenvalue weighted by molar-refractivity contribution is 0.0662. The second-order valence-corrected chi connectivity index (χ2v) is 5.42. The number of aromatic carboxylic acids is 1. The number of carboxylic acids is 1. The fourth-order valence-corrected chi connectivity index (χ4v) is 3.05. The molecule has 0 radical (unpaired) electrons. The molecule has 0 spiro atoms. The molecule has 1 heterocycles. The van der Waals surface area contributed by atoms with Crippen LogP contribution in [0.5, 0.6) is 0 Å². The molecule has 1 N–H and O–H groups in total. The van der Waals surface area contributed by atoms with Crippen molar-refractivity contribution in [2.45, 2.75) is 13.0 Å². The van der Waals surface area contributed by atoms with E-state index in [1.165, 1.54) is 6.07 Å². The SMILES string of the molecule is CC1CSCCN1C(=O)c1ccccc1C(=O)O. The van der Waals surface area contributed by atoms with Gasteiger partial charge in [-0.05, 0) is 19.1 Å². The number of hydrogen-bond donors (Lipinski definition) is 1. The maximum Gasteiger partial charge on any atom is 0.336 e. The molecule has 1 atom stereocenters. The molecule has 0 saturated carbocycles. The lowest BCUT2D eigenvalue weighted by Gasteiger charge is -2.33. The summed E-state index contributed by atoms with van der Waals surface area (Å²) in [6.45, 7) is 2.67. The third-order valence-corrected chi connectivity index (χ3v) is 4.21. The first-order valence-corrected chi connectivity index (χ1v) is 6.97. The molecule has 4 nitrogen and oxygen atoms in total. The van der Waals surface area contributed by atoms with Crippen LogP contribution in [0.2, 0.25) is 0 Å². The highest BCUT2D eigenvalue weighted by molar-refractivity contribution is 7.99. The van der Waals surface area contributed by atoms with Crippen LogP contribution in [0.1, 0.15) is 27.6 Å². The van der Waals surface area contributed by atoms with Gasteiger partial charge in [-0.3, -0.25) is 4.79 Å². The predicted octanol–water partition coefficient (Wildman–Crippen LogP) is 1.96. The first-order chi connectivity index (χ1) is 8.61. The molecular weight excluding hydrogens is 250 g/mol. The van der Waals surface area contributed by atoms with E-state index in [-0.39, 0.29) is 23.1 Å². The Hall–Kier alpha value is -1.49. The van der Waals surface area contributed by atoms with Gasteiger partial charge in [0, 0.05) is 24.1 Å². The minimum Gasteiger partial charge on any atom is -0.478 e. The van der Waals surface area contributed by atoms with Crippen molar-refractivity contribution in [2.75, 3.05) is 18.1 Å². The number of nitrogens with zero attached hydrogens (tertiary/aromatic N) is 1. The molecule has 1 amide bonds. The van der Waals surface area contributed by atoms with E-state index in [2.05, 4.69) is 0 Å². The Morgan fingerprint density at radius 1 is 1.33 bits per heavy atom. The Labute approximate surface area is 110 Å². The Balaban J connectivity index is 2.30. The largest absolute Gasteiger partial charge is 0.478 e. The van der Waals surface area contributed by atoms with Gasteiger partial charge in [-0.1, -0.05) is 12.1 Å². The number of rotatable bonds is 2. The maximum atomic E-state index is 12.4. The van der Waals surface area contributed by atoms with E-state index in [1.807, 2.05) is 18.7 Å². The molecule has 1 aromatic rings. The smallest absolute Gasteiger partial charge is 0.336 e. The molecule has 1 unspecified atom stereocenters. The molecule has 1 saturated heterocycles.